The molecule has 3 rings (SSSR count). The molecule has 3 aromatic rings. The number of aromatic nitrogens is 1. The SMILES string of the molecule is CC(=O)Nc1ccc(Oc2cccc(C#N)c2)nc1Oc1cccc(C#N)c1. The maximum absolute atomic E-state index is 11.5. The molecule has 1 N–H and O–H groups in total. The largest absolute Gasteiger partial charge is 0.439 e. The van der Waals surface area contributed by atoms with Gasteiger partial charge in [0.25, 0.3) is 0 Å². The number of anilines is 1. The monoisotopic (exact) mass is 370 g/mol. The summed E-state index contributed by atoms with van der Waals surface area (Å²) in [7, 11) is 0. The van der Waals surface area contributed by atoms with Crippen LogP contribution in [0.15, 0.2) is 60.7 Å². The van der Waals surface area contributed by atoms with Crippen LogP contribution >= 0.6 is 0 Å². The molecule has 0 unspecified atom stereocenters. The van der Waals surface area contributed by atoms with Crippen LogP contribution < -0.4 is 14.8 Å². The molecular formula is C21H14N4O3. The quantitative estimate of drug-likeness (QED) is 0.714. The molecule has 1 amide bonds. The maximum atomic E-state index is 11.5. The van der Waals surface area contributed by atoms with E-state index in [-0.39, 0.29) is 17.7 Å². The molecule has 0 saturated heterocycles. The number of nitrogens with one attached hydrogen (secondary N) is 1. The summed E-state index contributed by atoms with van der Waals surface area (Å²) in [6, 6.07) is 20.4. The van der Waals surface area contributed by atoms with Gasteiger partial charge < -0.3 is 14.8 Å². The molecule has 1 heterocycles. The number of carbonyl (C=O) groups is 1. The number of nitrogens with zero attached hydrogens (tertiary/aromatic N) is 3. The van der Waals surface area contributed by atoms with Crippen molar-refractivity contribution in [1.29, 1.82) is 10.5 Å². The number of hydrogen-bond donors (Lipinski definition) is 1. The van der Waals surface area contributed by atoms with Crippen molar-refractivity contribution in [2.75, 3.05) is 5.32 Å². The molecule has 0 bridgehead atoms. The number of carbonyl (C=O) groups excluding carboxylic acids is 1. The number of amides is 1. The second kappa shape index (κ2) is 8.35. The molecule has 136 valence electrons. The summed E-state index contributed by atoms with van der Waals surface area (Å²) in [5.74, 6) is 0.876. The highest BCUT2D eigenvalue weighted by molar-refractivity contribution is 5.90. The molecule has 28 heavy (non-hydrogen) atoms. The first-order valence-corrected chi connectivity index (χ1v) is 8.22. The maximum Gasteiger partial charge on any atom is 0.246 e. The van der Waals surface area contributed by atoms with Gasteiger partial charge in [0.1, 0.15) is 17.2 Å². The summed E-state index contributed by atoms with van der Waals surface area (Å²) in [5.41, 5.74) is 1.24. The Hall–Kier alpha value is -4.36. The van der Waals surface area contributed by atoms with E-state index in [1.807, 2.05) is 12.1 Å². The molecule has 0 saturated carbocycles. The van der Waals surface area contributed by atoms with Crippen molar-refractivity contribution < 1.29 is 14.3 Å². The third-order valence-corrected chi connectivity index (χ3v) is 3.51. The first-order chi connectivity index (χ1) is 13.6. The lowest BCUT2D eigenvalue weighted by atomic mass is 10.2. The zero-order chi connectivity index (χ0) is 19.9. The van der Waals surface area contributed by atoms with Gasteiger partial charge in [-0.2, -0.15) is 15.5 Å². The van der Waals surface area contributed by atoms with E-state index in [1.54, 1.807) is 60.7 Å². The molecule has 0 atom stereocenters. The fourth-order valence-corrected chi connectivity index (χ4v) is 2.33. The Morgan fingerprint density at radius 1 is 0.929 bits per heavy atom. The first-order valence-electron chi connectivity index (χ1n) is 8.22. The van der Waals surface area contributed by atoms with Gasteiger partial charge in [0.2, 0.25) is 17.7 Å². The van der Waals surface area contributed by atoms with Gasteiger partial charge in [-0.1, -0.05) is 12.1 Å². The van der Waals surface area contributed by atoms with E-state index in [2.05, 4.69) is 10.3 Å². The minimum absolute atomic E-state index is 0.110. The third-order valence-electron chi connectivity index (χ3n) is 3.51. The van der Waals surface area contributed by atoms with Crippen LogP contribution in [-0.4, -0.2) is 10.9 Å². The number of pyridine rings is 1. The van der Waals surface area contributed by atoms with Gasteiger partial charge in [-0.05, 0) is 42.5 Å². The van der Waals surface area contributed by atoms with E-state index in [0.717, 1.165) is 0 Å². The van der Waals surface area contributed by atoms with Crippen LogP contribution in [-0.2, 0) is 4.79 Å². The zero-order valence-corrected chi connectivity index (χ0v) is 14.8. The van der Waals surface area contributed by atoms with Gasteiger partial charge in [-0.3, -0.25) is 4.79 Å². The normalized spacial score (nSPS) is 9.68. The van der Waals surface area contributed by atoms with E-state index >= 15 is 0 Å². The number of benzene rings is 2. The van der Waals surface area contributed by atoms with E-state index in [4.69, 9.17) is 20.0 Å². The molecule has 0 aliphatic carbocycles. The van der Waals surface area contributed by atoms with Gasteiger partial charge in [0, 0.05) is 13.0 Å². The van der Waals surface area contributed by atoms with Crippen LogP contribution in [0.4, 0.5) is 5.69 Å². The van der Waals surface area contributed by atoms with Crippen LogP contribution in [0.3, 0.4) is 0 Å². The highest BCUT2D eigenvalue weighted by Gasteiger charge is 2.12. The van der Waals surface area contributed by atoms with Crippen LogP contribution in [0.5, 0.6) is 23.3 Å². The van der Waals surface area contributed by atoms with Crippen LogP contribution in [0, 0.1) is 22.7 Å². The molecular weight excluding hydrogens is 356 g/mol. The fourth-order valence-electron chi connectivity index (χ4n) is 2.33. The summed E-state index contributed by atoms with van der Waals surface area (Å²) >= 11 is 0. The Morgan fingerprint density at radius 3 is 2.11 bits per heavy atom. The Morgan fingerprint density at radius 2 is 1.54 bits per heavy atom. The summed E-state index contributed by atoms with van der Waals surface area (Å²) in [6.45, 7) is 1.37. The summed E-state index contributed by atoms with van der Waals surface area (Å²) in [6.07, 6.45) is 0. The highest BCUT2D eigenvalue weighted by Crippen LogP contribution is 2.32. The Bertz CT molecular complexity index is 1110. The smallest absolute Gasteiger partial charge is 0.246 e. The molecule has 2 aromatic carbocycles. The van der Waals surface area contributed by atoms with E-state index in [0.29, 0.717) is 28.3 Å². The Labute approximate surface area is 161 Å². The van der Waals surface area contributed by atoms with Gasteiger partial charge >= 0.3 is 0 Å². The van der Waals surface area contributed by atoms with Gasteiger partial charge in [-0.25, -0.2) is 0 Å². The summed E-state index contributed by atoms with van der Waals surface area (Å²) < 4.78 is 11.5. The number of rotatable bonds is 5. The fraction of sp³-hybridized carbons (Fsp3) is 0.0476. The predicted octanol–water partition coefficient (Wildman–Crippen LogP) is 4.37. The Balaban J connectivity index is 1.93. The topological polar surface area (TPSA) is 108 Å². The third kappa shape index (κ3) is 4.63. The van der Waals surface area contributed by atoms with Crippen molar-refractivity contribution in [2.24, 2.45) is 0 Å². The first kappa shape index (κ1) is 18.4. The van der Waals surface area contributed by atoms with Crippen molar-refractivity contribution in [3.05, 3.63) is 71.8 Å². The van der Waals surface area contributed by atoms with E-state index in [1.165, 1.54) is 6.92 Å². The second-order valence-corrected chi connectivity index (χ2v) is 5.67. The predicted molar refractivity (Wildman–Crippen MR) is 101 cm³/mol. The van der Waals surface area contributed by atoms with Crippen molar-refractivity contribution in [3.63, 3.8) is 0 Å². The second-order valence-electron chi connectivity index (χ2n) is 5.67. The molecule has 1 aromatic heterocycles. The van der Waals surface area contributed by atoms with Gasteiger partial charge in [0.05, 0.1) is 23.3 Å². The van der Waals surface area contributed by atoms with Crippen molar-refractivity contribution in [3.8, 4) is 35.4 Å². The minimum Gasteiger partial charge on any atom is -0.439 e. The number of hydrogen-bond acceptors (Lipinski definition) is 6. The van der Waals surface area contributed by atoms with Crippen molar-refractivity contribution in [1.82, 2.24) is 4.98 Å². The minimum atomic E-state index is -0.284. The van der Waals surface area contributed by atoms with E-state index in [9.17, 15) is 4.79 Å². The van der Waals surface area contributed by atoms with Gasteiger partial charge in [0.15, 0.2) is 0 Å². The zero-order valence-electron chi connectivity index (χ0n) is 14.8. The van der Waals surface area contributed by atoms with Crippen LogP contribution in [0.25, 0.3) is 0 Å². The average Bonchev–Trinajstić information content (AvgIpc) is 2.70. The Kier molecular flexibility index (Phi) is 5.49. The lowest BCUT2D eigenvalue weighted by molar-refractivity contribution is -0.114. The lowest BCUT2D eigenvalue weighted by Crippen LogP contribution is -2.08. The van der Waals surface area contributed by atoms with Crippen molar-refractivity contribution in [2.45, 2.75) is 6.92 Å². The standard InChI is InChI=1S/C21H14N4O3/c1-14(26)24-19-8-9-20(27-17-6-2-4-15(10-17)12-22)25-21(19)28-18-7-3-5-16(11-18)13-23/h2-11H,1H3,(H,24,26). The molecule has 0 radical (unpaired) electrons. The molecule has 0 fully saturated rings. The molecule has 0 aliphatic heterocycles. The molecule has 7 nitrogen and oxygen atoms in total. The highest BCUT2D eigenvalue weighted by atomic mass is 16.5. The molecule has 0 aliphatic rings. The number of ether oxygens (including phenoxy) is 2. The summed E-state index contributed by atoms with van der Waals surface area (Å²) in [5, 5.41) is 20.7. The van der Waals surface area contributed by atoms with Crippen LogP contribution in [0.2, 0.25) is 0 Å². The number of nitriles is 2. The summed E-state index contributed by atoms with van der Waals surface area (Å²) in [4.78, 5) is 15.8. The van der Waals surface area contributed by atoms with Gasteiger partial charge in [-0.15, -0.1) is 0 Å². The molecule has 0 spiro atoms. The van der Waals surface area contributed by atoms with Crippen molar-refractivity contribution >= 4 is 11.6 Å². The van der Waals surface area contributed by atoms with E-state index < -0.39 is 0 Å². The lowest BCUT2D eigenvalue weighted by Gasteiger charge is -2.13. The molecule has 7 heteroatoms. The van der Waals surface area contributed by atoms with Crippen LogP contribution in [0.1, 0.15) is 18.1 Å². The average molecular weight is 370 g/mol.